The van der Waals surface area contributed by atoms with Crippen LogP contribution >= 0.6 is 23.2 Å². The van der Waals surface area contributed by atoms with E-state index in [1.165, 1.54) is 0 Å². The number of hydrogen-bond acceptors (Lipinski definition) is 2. The van der Waals surface area contributed by atoms with Crippen LogP contribution in [0.25, 0.3) is 10.8 Å². The standard InChI is InChI=1S/C14H12Cl2O2/c1-8(15)14(17)10-4-3-9-5-6-12(18-2)13(16)11(9)7-10/h3-8H,1-2H3. The topological polar surface area (TPSA) is 26.3 Å². The normalized spacial score (nSPS) is 12.4. The van der Waals surface area contributed by atoms with Crippen molar-refractivity contribution in [3.63, 3.8) is 0 Å². The predicted molar refractivity (Wildman–Crippen MR) is 75.2 cm³/mol. The molecule has 0 bridgehead atoms. The minimum atomic E-state index is -0.549. The summed E-state index contributed by atoms with van der Waals surface area (Å²) in [6.07, 6.45) is 0. The van der Waals surface area contributed by atoms with Gasteiger partial charge in [-0.05, 0) is 24.4 Å². The number of ketones is 1. The molecular formula is C14H12Cl2O2. The van der Waals surface area contributed by atoms with E-state index in [1.54, 1.807) is 32.2 Å². The number of Topliss-reactive ketones (excluding diaryl/α,β-unsaturated/α-hetero) is 1. The highest BCUT2D eigenvalue weighted by atomic mass is 35.5. The molecular weight excluding hydrogens is 271 g/mol. The molecule has 0 aliphatic carbocycles. The Labute approximate surface area is 115 Å². The lowest BCUT2D eigenvalue weighted by Crippen LogP contribution is -2.10. The van der Waals surface area contributed by atoms with Crippen LogP contribution < -0.4 is 4.74 Å². The van der Waals surface area contributed by atoms with E-state index in [2.05, 4.69) is 0 Å². The Hall–Kier alpha value is -1.25. The average molecular weight is 283 g/mol. The van der Waals surface area contributed by atoms with Crippen molar-refractivity contribution in [3.05, 3.63) is 40.9 Å². The first-order valence-electron chi connectivity index (χ1n) is 5.49. The lowest BCUT2D eigenvalue weighted by atomic mass is 10.0. The first-order valence-corrected chi connectivity index (χ1v) is 6.30. The molecule has 18 heavy (non-hydrogen) atoms. The van der Waals surface area contributed by atoms with Crippen molar-refractivity contribution < 1.29 is 9.53 Å². The second-order valence-electron chi connectivity index (χ2n) is 4.00. The quantitative estimate of drug-likeness (QED) is 0.619. The fourth-order valence-corrected chi connectivity index (χ4v) is 2.23. The van der Waals surface area contributed by atoms with Gasteiger partial charge in [-0.25, -0.2) is 0 Å². The van der Waals surface area contributed by atoms with E-state index in [1.807, 2.05) is 12.1 Å². The first-order chi connectivity index (χ1) is 8.54. The number of fused-ring (bicyclic) bond motifs is 1. The van der Waals surface area contributed by atoms with Crippen molar-refractivity contribution in [1.29, 1.82) is 0 Å². The Bertz CT molecular complexity index is 606. The number of methoxy groups -OCH3 is 1. The van der Waals surface area contributed by atoms with Crippen LogP contribution in [0.5, 0.6) is 5.75 Å². The van der Waals surface area contributed by atoms with Crippen molar-refractivity contribution >= 4 is 39.8 Å². The number of halogens is 2. The summed E-state index contributed by atoms with van der Waals surface area (Å²) in [4.78, 5) is 11.8. The molecule has 0 fully saturated rings. The lowest BCUT2D eigenvalue weighted by molar-refractivity contribution is 0.0992. The van der Waals surface area contributed by atoms with Gasteiger partial charge in [0.2, 0.25) is 0 Å². The Morgan fingerprint density at radius 2 is 1.94 bits per heavy atom. The minimum absolute atomic E-state index is 0.113. The number of rotatable bonds is 3. The number of hydrogen-bond donors (Lipinski definition) is 0. The fraction of sp³-hybridized carbons (Fsp3) is 0.214. The smallest absolute Gasteiger partial charge is 0.180 e. The van der Waals surface area contributed by atoms with E-state index in [0.29, 0.717) is 16.3 Å². The Kier molecular flexibility index (Phi) is 3.79. The van der Waals surface area contributed by atoms with Crippen molar-refractivity contribution in [2.75, 3.05) is 7.11 Å². The van der Waals surface area contributed by atoms with E-state index >= 15 is 0 Å². The second kappa shape index (κ2) is 5.17. The molecule has 0 aliphatic heterocycles. The molecule has 0 heterocycles. The van der Waals surface area contributed by atoms with Crippen molar-refractivity contribution in [2.45, 2.75) is 12.3 Å². The summed E-state index contributed by atoms with van der Waals surface area (Å²) in [5.74, 6) is 0.477. The summed E-state index contributed by atoms with van der Waals surface area (Å²) < 4.78 is 5.16. The van der Waals surface area contributed by atoms with Crippen molar-refractivity contribution in [2.24, 2.45) is 0 Å². The molecule has 0 saturated heterocycles. The average Bonchev–Trinajstić information content (AvgIpc) is 2.38. The summed E-state index contributed by atoms with van der Waals surface area (Å²) in [5.41, 5.74) is 0.556. The maximum Gasteiger partial charge on any atom is 0.180 e. The highest BCUT2D eigenvalue weighted by Crippen LogP contribution is 2.33. The van der Waals surface area contributed by atoms with Gasteiger partial charge in [0.05, 0.1) is 17.5 Å². The zero-order valence-corrected chi connectivity index (χ0v) is 11.5. The third kappa shape index (κ3) is 2.31. The Balaban J connectivity index is 2.62. The molecule has 1 unspecified atom stereocenters. The van der Waals surface area contributed by atoms with Gasteiger partial charge >= 0.3 is 0 Å². The second-order valence-corrected chi connectivity index (χ2v) is 5.03. The SMILES string of the molecule is COc1ccc2ccc(C(=O)C(C)Cl)cc2c1Cl. The van der Waals surface area contributed by atoms with Crippen LogP contribution in [0.2, 0.25) is 5.02 Å². The molecule has 0 N–H and O–H groups in total. The largest absolute Gasteiger partial charge is 0.495 e. The fourth-order valence-electron chi connectivity index (χ4n) is 1.80. The Morgan fingerprint density at radius 1 is 1.28 bits per heavy atom. The van der Waals surface area contributed by atoms with Crippen LogP contribution in [-0.2, 0) is 0 Å². The van der Waals surface area contributed by atoms with Gasteiger partial charge in [0.25, 0.3) is 0 Å². The molecule has 2 nitrogen and oxygen atoms in total. The highest BCUT2D eigenvalue weighted by molar-refractivity contribution is 6.37. The first kappa shape index (κ1) is 13.2. The van der Waals surface area contributed by atoms with E-state index in [9.17, 15) is 4.79 Å². The van der Waals surface area contributed by atoms with Gasteiger partial charge in [0.1, 0.15) is 5.75 Å². The highest BCUT2D eigenvalue weighted by Gasteiger charge is 2.14. The van der Waals surface area contributed by atoms with Gasteiger partial charge in [0.15, 0.2) is 5.78 Å². The van der Waals surface area contributed by atoms with Gasteiger partial charge < -0.3 is 4.74 Å². The number of benzene rings is 2. The summed E-state index contributed by atoms with van der Waals surface area (Å²) in [5, 5.41) is 1.71. The zero-order valence-electron chi connectivity index (χ0n) is 10.0. The van der Waals surface area contributed by atoms with Crippen molar-refractivity contribution in [3.8, 4) is 5.75 Å². The molecule has 4 heteroatoms. The predicted octanol–water partition coefficient (Wildman–Crippen LogP) is 4.31. The number of carbonyl (C=O) groups excluding carboxylic acids is 1. The van der Waals surface area contributed by atoms with Crippen LogP contribution in [0.1, 0.15) is 17.3 Å². The molecule has 1 atom stereocenters. The van der Waals surface area contributed by atoms with Gasteiger partial charge in [-0.3, -0.25) is 4.79 Å². The zero-order chi connectivity index (χ0) is 13.3. The third-order valence-electron chi connectivity index (χ3n) is 2.79. The van der Waals surface area contributed by atoms with Crippen LogP contribution in [0.3, 0.4) is 0 Å². The maximum absolute atomic E-state index is 11.8. The third-order valence-corrected chi connectivity index (χ3v) is 3.37. The summed E-state index contributed by atoms with van der Waals surface area (Å²) in [7, 11) is 1.56. The Morgan fingerprint density at radius 3 is 2.56 bits per heavy atom. The molecule has 0 amide bonds. The van der Waals surface area contributed by atoms with Crippen molar-refractivity contribution in [1.82, 2.24) is 0 Å². The van der Waals surface area contributed by atoms with Gasteiger partial charge in [-0.15, -0.1) is 11.6 Å². The molecule has 0 aliphatic rings. The van der Waals surface area contributed by atoms with Crippen LogP contribution in [0, 0.1) is 0 Å². The minimum Gasteiger partial charge on any atom is -0.495 e. The molecule has 2 aromatic carbocycles. The summed E-state index contributed by atoms with van der Waals surface area (Å²) >= 11 is 12.0. The number of carbonyl (C=O) groups is 1. The molecule has 0 saturated carbocycles. The van der Waals surface area contributed by atoms with E-state index in [4.69, 9.17) is 27.9 Å². The molecule has 94 valence electrons. The molecule has 2 rings (SSSR count). The molecule has 0 aromatic heterocycles. The lowest BCUT2D eigenvalue weighted by Gasteiger charge is -2.08. The molecule has 0 radical (unpaired) electrons. The monoisotopic (exact) mass is 282 g/mol. The van der Waals surface area contributed by atoms with E-state index < -0.39 is 5.38 Å². The van der Waals surface area contributed by atoms with Crippen LogP contribution in [0.15, 0.2) is 30.3 Å². The van der Waals surface area contributed by atoms with Gasteiger partial charge in [0, 0.05) is 10.9 Å². The summed E-state index contributed by atoms with van der Waals surface area (Å²) in [6, 6.07) is 9.07. The van der Waals surface area contributed by atoms with Crippen LogP contribution in [-0.4, -0.2) is 18.3 Å². The van der Waals surface area contributed by atoms with Crippen LogP contribution in [0.4, 0.5) is 0 Å². The number of ether oxygens (including phenoxy) is 1. The summed E-state index contributed by atoms with van der Waals surface area (Å²) in [6.45, 7) is 1.65. The molecule has 2 aromatic rings. The van der Waals surface area contributed by atoms with Gasteiger partial charge in [-0.2, -0.15) is 0 Å². The van der Waals surface area contributed by atoms with E-state index in [-0.39, 0.29) is 5.78 Å². The maximum atomic E-state index is 11.8. The van der Waals surface area contributed by atoms with Gasteiger partial charge in [-0.1, -0.05) is 29.8 Å². The van der Waals surface area contributed by atoms with E-state index in [0.717, 1.165) is 10.8 Å². The molecule has 0 spiro atoms. The number of alkyl halides is 1.